The SMILES string of the molecule is CC(C)c1cccc(OC(=O)c2ccc(-n3cncn3)cc2)c1. The van der Waals surface area contributed by atoms with Gasteiger partial charge in [0.05, 0.1) is 11.3 Å². The normalized spacial score (nSPS) is 10.7. The predicted octanol–water partition coefficient (Wildman–Crippen LogP) is 3.61. The number of nitrogens with zero attached hydrogens (tertiary/aromatic N) is 3. The van der Waals surface area contributed by atoms with Crippen molar-refractivity contribution in [2.45, 2.75) is 19.8 Å². The van der Waals surface area contributed by atoms with Crippen molar-refractivity contribution in [1.29, 1.82) is 0 Å². The molecule has 0 radical (unpaired) electrons. The van der Waals surface area contributed by atoms with E-state index in [0.29, 0.717) is 17.2 Å². The Hall–Kier alpha value is -2.95. The fourth-order valence-corrected chi connectivity index (χ4v) is 2.19. The molecule has 0 aliphatic heterocycles. The number of carbonyl (C=O) groups excluding carboxylic acids is 1. The van der Waals surface area contributed by atoms with E-state index in [-0.39, 0.29) is 5.97 Å². The van der Waals surface area contributed by atoms with Crippen LogP contribution in [0.4, 0.5) is 0 Å². The third kappa shape index (κ3) is 3.45. The van der Waals surface area contributed by atoms with Crippen molar-refractivity contribution in [3.63, 3.8) is 0 Å². The number of carbonyl (C=O) groups is 1. The van der Waals surface area contributed by atoms with Gasteiger partial charge in [-0.1, -0.05) is 26.0 Å². The van der Waals surface area contributed by atoms with Crippen molar-refractivity contribution in [3.8, 4) is 11.4 Å². The average molecular weight is 307 g/mol. The Morgan fingerprint density at radius 3 is 2.57 bits per heavy atom. The van der Waals surface area contributed by atoms with Crippen molar-refractivity contribution in [1.82, 2.24) is 14.8 Å². The highest BCUT2D eigenvalue weighted by molar-refractivity contribution is 5.91. The van der Waals surface area contributed by atoms with Crippen molar-refractivity contribution in [3.05, 3.63) is 72.3 Å². The summed E-state index contributed by atoms with van der Waals surface area (Å²) in [5, 5.41) is 4.04. The Balaban J connectivity index is 1.74. The van der Waals surface area contributed by atoms with Crippen LogP contribution in [0.15, 0.2) is 61.2 Å². The summed E-state index contributed by atoms with van der Waals surface area (Å²) < 4.78 is 7.07. The minimum Gasteiger partial charge on any atom is -0.423 e. The van der Waals surface area contributed by atoms with Crippen LogP contribution in [0, 0.1) is 0 Å². The third-order valence-corrected chi connectivity index (χ3v) is 3.52. The van der Waals surface area contributed by atoms with E-state index in [0.717, 1.165) is 11.3 Å². The van der Waals surface area contributed by atoms with Gasteiger partial charge in [0.2, 0.25) is 0 Å². The van der Waals surface area contributed by atoms with Gasteiger partial charge in [-0.25, -0.2) is 14.5 Å². The molecule has 23 heavy (non-hydrogen) atoms. The highest BCUT2D eigenvalue weighted by Crippen LogP contribution is 2.21. The second kappa shape index (κ2) is 6.44. The molecule has 0 saturated heterocycles. The maximum Gasteiger partial charge on any atom is 0.343 e. The number of hydrogen-bond acceptors (Lipinski definition) is 4. The molecule has 0 spiro atoms. The molecule has 5 heteroatoms. The van der Waals surface area contributed by atoms with Gasteiger partial charge in [-0.3, -0.25) is 0 Å². The first-order valence-electron chi connectivity index (χ1n) is 7.40. The lowest BCUT2D eigenvalue weighted by molar-refractivity contribution is 0.0734. The molecule has 116 valence electrons. The number of ether oxygens (including phenoxy) is 1. The number of hydrogen-bond donors (Lipinski definition) is 0. The fraction of sp³-hybridized carbons (Fsp3) is 0.167. The van der Waals surface area contributed by atoms with Gasteiger partial charge in [-0.05, 0) is 47.9 Å². The largest absolute Gasteiger partial charge is 0.423 e. The van der Waals surface area contributed by atoms with Crippen molar-refractivity contribution in [2.75, 3.05) is 0 Å². The van der Waals surface area contributed by atoms with E-state index in [9.17, 15) is 4.79 Å². The van der Waals surface area contributed by atoms with E-state index in [1.165, 1.54) is 6.33 Å². The summed E-state index contributed by atoms with van der Waals surface area (Å²) in [7, 11) is 0. The van der Waals surface area contributed by atoms with Crippen LogP contribution in [0.3, 0.4) is 0 Å². The van der Waals surface area contributed by atoms with Gasteiger partial charge in [0.15, 0.2) is 0 Å². The van der Waals surface area contributed by atoms with Crippen molar-refractivity contribution >= 4 is 5.97 Å². The van der Waals surface area contributed by atoms with Gasteiger partial charge in [0.1, 0.15) is 18.4 Å². The number of benzene rings is 2. The molecule has 0 fully saturated rings. The Morgan fingerprint density at radius 1 is 1.13 bits per heavy atom. The molecule has 0 bridgehead atoms. The van der Waals surface area contributed by atoms with E-state index < -0.39 is 0 Å². The van der Waals surface area contributed by atoms with Gasteiger partial charge >= 0.3 is 5.97 Å². The maximum atomic E-state index is 12.2. The molecule has 3 rings (SSSR count). The summed E-state index contributed by atoms with van der Waals surface area (Å²) in [6.07, 6.45) is 3.06. The fourth-order valence-electron chi connectivity index (χ4n) is 2.19. The first-order chi connectivity index (χ1) is 11.1. The van der Waals surface area contributed by atoms with E-state index in [1.54, 1.807) is 41.3 Å². The Labute approximate surface area is 134 Å². The molecule has 0 N–H and O–H groups in total. The summed E-state index contributed by atoms with van der Waals surface area (Å²) in [4.78, 5) is 16.1. The minimum atomic E-state index is -0.379. The first kappa shape index (κ1) is 15.0. The van der Waals surface area contributed by atoms with Crippen LogP contribution >= 0.6 is 0 Å². The summed E-state index contributed by atoms with van der Waals surface area (Å²) in [5.41, 5.74) is 2.46. The third-order valence-electron chi connectivity index (χ3n) is 3.52. The van der Waals surface area contributed by atoms with Crippen LogP contribution < -0.4 is 4.74 Å². The summed E-state index contributed by atoms with van der Waals surface area (Å²) in [5.74, 6) is 0.563. The van der Waals surface area contributed by atoms with Crippen LogP contribution in [0.2, 0.25) is 0 Å². The Morgan fingerprint density at radius 2 is 1.91 bits per heavy atom. The molecule has 2 aromatic carbocycles. The number of aromatic nitrogens is 3. The lowest BCUT2D eigenvalue weighted by Gasteiger charge is -2.09. The minimum absolute atomic E-state index is 0.379. The topological polar surface area (TPSA) is 57.0 Å². The second-order valence-electron chi connectivity index (χ2n) is 5.50. The predicted molar refractivity (Wildman–Crippen MR) is 86.8 cm³/mol. The molecule has 0 saturated carbocycles. The van der Waals surface area contributed by atoms with Crippen molar-refractivity contribution < 1.29 is 9.53 Å². The maximum absolute atomic E-state index is 12.2. The van der Waals surface area contributed by atoms with Gasteiger partial charge in [-0.2, -0.15) is 5.10 Å². The molecule has 0 atom stereocenters. The van der Waals surface area contributed by atoms with Crippen LogP contribution in [-0.2, 0) is 0 Å². The van der Waals surface area contributed by atoms with Crippen LogP contribution in [0.5, 0.6) is 5.75 Å². The zero-order chi connectivity index (χ0) is 16.2. The van der Waals surface area contributed by atoms with E-state index in [1.807, 2.05) is 18.2 Å². The summed E-state index contributed by atoms with van der Waals surface area (Å²) in [6.45, 7) is 4.20. The first-order valence-corrected chi connectivity index (χ1v) is 7.40. The molecule has 0 amide bonds. The van der Waals surface area contributed by atoms with Crippen LogP contribution in [0.25, 0.3) is 5.69 Å². The zero-order valence-corrected chi connectivity index (χ0v) is 13.0. The molecule has 0 unspecified atom stereocenters. The molecule has 3 aromatic rings. The van der Waals surface area contributed by atoms with E-state index >= 15 is 0 Å². The van der Waals surface area contributed by atoms with Gasteiger partial charge in [-0.15, -0.1) is 0 Å². The van der Waals surface area contributed by atoms with Crippen molar-refractivity contribution in [2.24, 2.45) is 0 Å². The molecule has 1 heterocycles. The second-order valence-corrected chi connectivity index (χ2v) is 5.50. The van der Waals surface area contributed by atoms with E-state index in [2.05, 4.69) is 23.9 Å². The van der Waals surface area contributed by atoms with Crippen LogP contribution in [-0.4, -0.2) is 20.7 Å². The average Bonchev–Trinajstić information content (AvgIpc) is 3.09. The lowest BCUT2D eigenvalue weighted by atomic mass is 10.0. The van der Waals surface area contributed by atoms with Gasteiger partial charge < -0.3 is 4.74 Å². The smallest absolute Gasteiger partial charge is 0.343 e. The number of esters is 1. The molecular weight excluding hydrogens is 290 g/mol. The standard InChI is InChI=1S/C18H17N3O2/c1-13(2)15-4-3-5-17(10-15)23-18(22)14-6-8-16(9-7-14)21-12-19-11-20-21/h3-13H,1-2H3. The number of rotatable bonds is 4. The van der Waals surface area contributed by atoms with Crippen LogP contribution in [0.1, 0.15) is 35.7 Å². The Bertz CT molecular complexity index is 793. The molecule has 0 aliphatic carbocycles. The quantitative estimate of drug-likeness (QED) is 0.546. The highest BCUT2D eigenvalue weighted by atomic mass is 16.5. The molecule has 0 aliphatic rings. The summed E-state index contributed by atoms with van der Waals surface area (Å²) >= 11 is 0. The molecule has 5 nitrogen and oxygen atoms in total. The monoisotopic (exact) mass is 307 g/mol. The van der Waals surface area contributed by atoms with Gasteiger partial charge in [0.25, 0.3) is 0 Å². The molecular formula is C18H17N3O2. The lowest BCUT2D eigenvalue weighted by Crippen LogP contribution is -2.09. The highest BCUT2D eigenvalue weighted by Gasteiger charge is 2.10. The Kier molecular flexibility index (Phi) is 4.19. The zero-order valence-electron chi connectivity index (χ0n) is 13.0. The molecule has 1 aromatic heterocycles. The van der Waals surface area contributed by atoms with E-state index in [4.69, 9.17) is 4.74 Å². The summed E-state index contributed by atoms with van der Waals surface area (Å²) in [6, 6.07) is 14.6. The van der Waals surface area contributed by atoms with Gasteiger partial charge in [0, 0.05) is 0 Å².